The number of hydrogen-bond donors (Lipinski definition) is 1. The molecule has 0 bridgehead atoms. The smallest absolute Gasteiger partial charge is 0.383 e. The van der Waals surface area contributed by atoms with E-state index in [1.165, 1.54) is 22.6 Å². The molecule has 0 radical (unpaired) electrons. The van der Waals surface area contributed by atoms with Gasteiger partial charge >= 0.3 is 6.18 Å². The molecule has 0 aliphatic carbocycles. The average molecular weight is 407 g/mol. The van der Waals surface area contributed by atoms with Gasteiger partial charge in [0, 0.05) is 14.1 Å². The third kappa shape index (κ3) is 4.42. The predicted molar refractivity (Wildman–Crippen MR) is 67.3 cm³/mol. The van der Waals surface area contributed by atoms with E-state index in [1.807, 2.05) is 0 Å². The van der Waals surface area contributed by atoms with Crippen LogP contribution in [0, 0.1) is 0 Å². The molecule has 1 nitrogen and oxygen atoms in total. The third-order valence-electron chi connectivity index (χ3n) is 1.75. The summed E-state index contributed by atoms with van der Waals surface area (Å²) in [6.45, 7) is 0. The molecule has 0 aliphatic heterocycles. The number of allylic oxidation sites excluding steroid dienone is 1. The summed E-state index contributed by atoms with van der Waals surface area (Å²) in [5.41, 5.74) is 0.424. The SMILES string of the molecule is OC(/C(I)=C/C(F)(F)F)c1ccc(Br)cc1. The van der Waals surface area contributed by atoms with Gasteiger partial charge in [-0.1, -0.05) is 28.1 Å². The lowest BCUT2D eigenvalue weighted by atomic mass is 10.1. The van der Waals surface area contributed by atoms with Crippen LogP contribution in [0.5, 0.6) is 0 Å². The second-order valence-electron chi connectivity index (χ2n) is 3.02. The lowest BCUT2D eigenvalue weighted by Gasteiger charge is -2.11. The molecule has 1 atom stereocenters. The maximum absolute atomic E-state index is 12.0. The van der Waals surface area contributed by atoms with Gasteiger partial charge in [-0.05, 0) is 40.3 Å². The Labute approximate surface area is 113 Å². The molecular formula is C10H7BrF3IO. The molecular weight excluding hydrogens is 400 g/mol. The molecule has 0 fully saturated rings. The maximum Gasteiger partial charge on any atom is 0.410 e. The number of halogens is 5. The normalized spacial score (nSPS) is 15.0. The molecule has 0 saturated carbocycles. The first-order chi connectivity index (χ1) is 7.29. The zero-order valence-corrected chi connectivity index (χ0v) is 11.5. The van der Waals surface area contributed by atoms with Gasteiger partial charge in [-0.25, -0.2) is 0 Å². The molecule has 16 heavy (non-hydrogen) atoms. The van der Waals surface area contributed by atoms with E-state index in [-0.39, 0.29) is 9.66 Å². The fourth-order valence-corrected chi connectivity index (χ4v) is 2.02. The van der Waals surface area contributed by atoms with Crippen LogP contribution in [0.25, 0.3) is 0 Å². The minimum atomic E-state index is -4.41. The number of alkyl halides is 3. The van der Waals surface area contributed by atoms with E-state index in [4.69, 9.17) is 0 Å². The molecule has 0 spiro atoms. The van der Waals surface area contributed by atoms with Crippen molar-refractivity contribution in [3.63, 3.8) is 0 Å². The summed E-state index contributed by atoms with van der Waals surface area (Å²) in [6, 6.07) is 6.46. The van der Waals surface area contributed by atoms with Gasteiger partial charge < -0.3 is 5.11 Å². The van der Waals surface area contributed by atoms with Crippen molar-refractivity contribution in [2.45, 2.75) is 12.3 Å². The van der Waals surface area contributed by atoms with Gasteiger partial charge in [0.2, 0.25) is 0 Å². The first kappa shape index (κ1) is 14.0. The van der Waals surface area contributed by atoms with Crippen molar-refractivity contribution in [2.75, 3.05) is 0 Å². The van der Waals surface area contributed by atoms with E-state index >= 15 is 0 Å². The van der Waals surface area contributed by atoms with Crippen molar-refractivity contribution in [1.82, 2.24) is 0 Å². The van der Waals surface area contributed by atoms with Crippen molar-refractivity contribution in [2.24, 2.45) is 0 Å². The molecule has 1 aromatic carbocycles. The van der Waals surface area contributed by atoms with E-state index in [1.54, 1.807) is 24.3 Å². The van der Waals surface area contributed by atoms with E-state index < -0.39 is 12.3 Å². The summed E-state index contributed by atoms with van der Waals surface area (Å²) in [5.74, 6) is 0. The van der Waals surface area contributed by atoms with E-state index in [9.17, 15) is 18.3 Å². The van der Waals surface area contributed by atoms with Crippen LogP contribution in [0.15, 0.2) is 38.4 Å². The van der Waals surface area contributed by atoms with Crippen LogP contribution in [0.1, 0.15) is 11.7 Å². The molecule has 1 N–H and O–H groups in total. The van der Waals surface area contributed by atoms with E-state index in [2.05, 4.69) is 15.9 Å². The molecule has 0 saturated heterocycles. The van der Waals surface area contributed by atoms with Crippen molar-refractivity contribution in [3.8, 4) is 0 Å². The molecule has 0 aromatic heterocycles. The van der Waals surface area contributed by atoms with Crippen LogP contribution >= 0.6 is 38.5 Å². The Bertz CT molecular complexity index is 386. The minimum Gasteiger partial charge on any atom is -0.383 e. The third-order valence-corrected chi connectivity index (χ3v) is 3.18. The monoisotopic (exact) mass is 406 g/mol. The van der Waals surface area contributed by atoms with E-state index in [0.717, 1.165) is 4.47 Å². The van der Waals surface area contributed by atoms with Gasteiger partial charge in [-0.3, -0.25) is 0 Å². The van der Waals surface area contributed by atoms with Gasteiger partial charge in [0.15, 0.2) is 0 Å². The second-order valence-corrected chi connectivity index (χ2v) is 5.19. The number of aliphatic hydroxyl groups is 1. The summed E-state index contributed by atoms with van der Waals surface area (Å²) >= 11 is 4.69. The highest BCUT2D eigenvalue weighted by molar-refractivity contribution is 14.1. The molecule has 88 valence electrons. The Kier molecular flexibility index (Phi) is 4.81. The molecule has 1 rings (SSSR count). The highest BCUT2D eigenvalue weighted by Crippen LogP contribution is 2.31. The Balaban J connectivity index is 2.90. The van der Waals surface area contributed by atoms with Crippen LogP contribution in [-0.4, -0.2) is 11.3 Å². The molecule has 1 unspecified atom stereocenters. The molecule has 0 heterocycles. The van der Waals surface area contributed by atoms with Gasteiger partial charge in [-0.15, -0.1) is 0 Å². The van der Waals surface area contributed by atoms with Crippen molar-refractivity contribution >= 4 is 38.5 Å². The lowest BCUT2D eigenvalue weighted by Crippen LogP contribution is -2.05. The Morgan fingerprint density at radius 2 is 1.81 bits per heavy atom. The summed E-state index contributed by atoms with van der Waals surface area (Å²) in [5, 5.41) is 9.65. The maximum atomic E-state index is 12.0. The van der Waals surface area contributed by atoms with Crippen LogP contribution < -0.4 is 0 Å². The van der Waals surface area contributed by atoms with Gasteiger partial charge in [0.25, 0.3) is 0 Å². The minimum absolute atomic E-state index is 0.0975. The number of benzene rings is 1. The Morgan fingerprint density at radius 3 is 2.25 bits per heavy atom. The summed E-state index contributed by atoms with van der Waals surface area (Å²) < 4.78 is 36.8. The zero-order chi connectivity index (χ0) is 12.3. The topological polar surface area (TPSA) is 20.2 Å². The standard InChI is InChI=1S/C10H7BrF3IO/c11-7-3-1-6(2-4-7)9(16)8(15)5-10(12,13)14/h1-5,9,16H/b8-5-. The number of rotatable bonds is 2. The van der Waals surface area contributed by atoms with Crippen LogP contribution in [0.3, 0.4) is 0 Å². The zero-order valence-electron chi connectivity index (χ0n) is 7.80. The lowest BCUT2D eigenvalue weighted by molar-refractivity contribution is -0.0807. The quantitative estimate of drug-likeness (QED) is 0.723. The molecule has 6 heteroatoms. The molecule has 1 aromatic rings. The van der Waals surface area contributed by atoms with Crippen LogP contribution in [0.4, 0.5) is 13.2 Å². The second kappa shape index (κ2) is 5.50. The summed E-state index contributed by atoms with van der Waals surface area (Å²) in [7, 11) is 0. The van der Waals surface area contributed by atoms with Crippen molar-refractivity contribution in [1.29, 1.82) is 0 Å². The largest absolute Gasteiger partial charge is 0.410 e. The highest BCUT2D eigenvalue weighted by atomic mass is 127. The van der Waals surface area contributed by atoms with Crippen LogP contribution in [0.2, 0.25) is 0 Å². The first-order valence-electron chi connectivity index (χ1n) is 4.18. The fraction of sp³-hybridized carbons (Fsp3) is 0.200. The van der Waals surface area contributed by atoms with Crippen molar-refractivity contribution < 1.29 is 18.3 Å². The fourth-order valence-electron chi connectivity index (χ4n) is 1.04. The molecule has 0 aliphatic rings. The highest BCUT2D eigenvalue weighted by Gasteiger charge is 2.26. The Hall–Kier alpha value is -0.0800. The van der Waals surface area contributed by atoms with Gasteiger partial charge in [-0.2, -0.15) is 13.2 Å². The predicted octanol–water partition coefficient (Wildman–Crippen LogP) is 4.36. The number of aliphatic hydroxyl groups excluding tert-OH is 1. The number of hydrogen-bond acceptors (Lipinski definition) is 1. The Morgan fingerprint density at radius 1 is 1.31 bits per heavy atom. The van der Waals surface area contributed by atoms with E-state index in [0.29, 0.717) is 5.56 Å². The van der Waals surface area contributed by atoms with Gasteiger partial charge in [0.1, 0.15) is 6.10 Å². The average Bonchev–Trinajstić information content (AvgIpc) is 2.15. The molecule has 0 amide bonds. The first-order valence-corrected chi connectivity index (χ1v) is 6.05. The van der Waals surface area contributed by atoms with Gasteiger partial charge in [0.05, 0.1) is 0 Å². The van der Waals surface area contributed by atoms with Crippen molar-refractivity contribution in [3.05, 3.63) is 44.0 Å². The van der Waals surface area contributed by atoms with Crippen LogP contribution in [-0.2, 0) is 0 Å². The summed E-state index contributed by atoms with van der Waals surface area (Å²) in [4.78, 5) is 0. The summed E-state index contributed by atoms with van der Waals surface area (Å²) in [6.07, 6.45) is -5.55.